The fraction of sp³-hybridized carbons (Fsp3) is 0.143. The van der Waals surface area contributed by atoms with Crippen molar-refractivity contribution in [3.8, 4) is 11.3 Å². The summed E-state index contributed by atoms with van der Waals surface area (Å²) in [4.78, 5) is 39.5. The maximum atomic E-state index is 12.7. The highest BCUT2D eigenvalue weighted by molar-refractivity contribution is 5.79. The second-order valence-corrected chi connectivity index (χ2v) is 8.51. The Bertz CT molecular complexity index is 1620. The van der Waals surface area contributed by atoms with Crippen molar-refractivity contribution in [1.82, 2.24) is 24.6 Å². The molecule has 2 aromatic heterocycles. The van der Waals surface area contributed by atoms with Gasteiger partial charge >= 0.3 is 5.69 Å². The van der Waals surface area contributed by atoms with Gasteiger partial charge in [-0.05, 0) is 17.7 Å². The molecule has 0 fully saturated rings. The van der Waals surface area contributed by atoms with Gasteiger partial charge in [0.05, 0.1) is 23.1 Å². The Morgan fingerprint density at radius 2 is 1.58 bits per heavy atom. The summed E-state index contributed by atoms with van der Waals surface area (Å²) in [6.07, 6.45) is 2.05. The molecule has 3 aromatic carbocycles. The SMILES string of the molecule is O=C(CCn1c(=O)[nH]c(=O)c2ccccc21)NCc1cn(Cc2ccccc2)nc1-c1ccccc1. The van der Waals surface area contributed by atoms with Gasteiger partial charge in [-0.1, -0.05) is 72.8 Å². The molecule has 0 spiro atoms. The summed E-state index contributed by atoms with van der Waals surface area (Å²) < 4.78 is 3.30. The number of carbonyl (C=O) groups excluding carboxylic acids is 1. The van der Waals surface area contributed by atoms with Gasteiger partial charge in [0.2, 0.25) is 5.91 Å². The number of rotatable bonds is 8. The van der Waals surface area contributed by atoms with Gasteiger partial charge in [-0.25, -0.2) is 4.79 Å². The van der Waals surface area contributed by atoms with E-state index in [1.54, 1.807) is 24.3 Å². The molecule has 0 unspecified atom stereocenters. The Labute approximate surface area is 206 Å². The molecule has 0 aliphatic rings. The van der Waals surface area contributed by atoms with Crippen molar-refractivity contribution in [3.05, 3.63) is 123 Å². The van der Waals surface area contributed by atoms with E-state index in [0.29, 0.717) is 24.0 Å². The smallest absolute Gasteiger partial charge is 0.328 e. The molecule has 8 heteroatoms. The lowest BCUT2D eigenvalue weighted by Gasteiger charge is -2.10. The molecule has 1 amide bonds. The van der Waals surface area contributed by atoms with Crippen LogP contribution in [0.4, 0.5) is 0 Å². The summed E-state index contributed by atoms with van der Waals surface area (Å²) in [5.74, 6) is -0.202. The third kappa shape index (κ3) is 5.02. The van der Waals surface area contributed by atoms with Crippen molar-refractivity contribution in [1.29, 1.82) is 0 Å². The minimum absolute atomic E-state index is 0.0920. The fourth-order valence-corrected chi connectivity index (χ4v) is 4.24. The Kier molecular flexibility index (Phi) is 6.57. The zero-order chi connectivity index (χ0) is 24.9. The zero-order valence-electron chi connectivity index (χ0n) is 19.6. The quantitative estimate of drug-likeness (QED) is 0.357. The van der Waals surface area contributed by atoms with Gasteiger partial charge in [0.1, 0.15) is 0 Å². The van der Waals surface area contributed by atoms with E-state index in [1.807, 2.05) is 71.5 Å². The lowest BCUT2D eigenvalue weighted by Crippen LogP contribution is -2.32. The number of benzene rings is 3. The van der Waals surface area contributed by atoms with Crippen LogP contribution in [0.25, 0.3) is 22.2 Å². The highest BCUT2D eigenvalue weighted by Gasteiger charge is 2.14. The number of nitrogens with zero attached hydrogens (tertiary/aromatic N) is 3. The molecular formula is C28H25N5O3. The third-order valence-electron chi connectivity index (χ3n) is 6.02. The molecule has 36 heavy (non-hydrogen) atoms. The molecule has 0 saturated heterocycles. The van der Waals surface area contributed by atoms with Crippen LogP contribution in [0.1, 0.15) is 17.5 Å². The minimum Gasteiger partial charge on any atom is -0.352 e. The number of H-pyrrole nitrogens is 1. The van der Waals surface area contributed by atoms with Gasteiger partial charge in [0.15, 0.2) is 0 Å². The topological polar surface area (TPSA) is 102 Å². The van der Waals surface area contributed by atoms with Crippen molar-refractivity contribution in [3.63, 3.8) is 0 Å². The van der Waals surface area contributed by atoms with Gasteiger partial charge in [-0.15, -0.1) is 0 Å². The van der Waals surface area contributed by atoms with E-state index in [2.05, 4.69) is 10.3 Å². The fourth-order valence-electron chi connectivity index (χ4n) is 4.24. The van der Waals surface area contributed by atoms with Crippen LogP contribution in [-0.2, 0) is 24.4 Å². The summed E-state index contributed by atoms with van der Waals surface area (Å²) in [7, 11) is 0. The molecule has 0 atom stereocenters. The molecule has 0 bridgehead atoms. The Morgan fingerprint density at radius 3 is 2.36 bits per heavy atom. The number of aromatic nitrogens is 4. The van der Waals surface area contributed by atoms with E-state index < -0.39 is 11.2 Å². The maximum absolute atomic E-state index is 12.7. The molecule has 0 aliphatic heterocycles. The van der Waals surface area contributed by atoms with E-state index in [4.69, 9.17) is 5.10 Å². The average Bonchev–Trinajstić information content (AvgIpc) is 3.31. The number of aryl methyl sites for hydroxylation is 1. The number of aromatic amines is 1. The van der Waals surface area contributed by atoms with Crippen molar-refractivity contribution in [2.45, 2.75) is 26.1 Å². The molecule has 2 heterocycles. The van der Waals surface area contributed by atoms with E-state index >= 15 is 0 Å². The van der Waals surface area contributed by atoms with E-state index in [9.17, 15) is 14.4 Å². The Morgan fingerprint density at radius 1 is 0.889 bits per heavy atom. The maximum Gasteiger partial charge on any atom is 0.328 e. The standard InChI is InChI=1S/C28H25N5O3/c34-25(15-16-33-24-14-8-7-13-23(24)27(35)30-28(33)36)29-17-22-19-32(18-20-9-3-1-4-10-20)31-26(22)21-11-5-2-6-12-21/h1-14,19H,15-18H2,(H,29,34)(H,30,35,36). The minimum atomic E-state index is -0.528. The molecule has 180 valence electrons. The van der Waals surface area contributed by atoms with E-state index in [-0.39, 0.29) is 18.9 Å². The average molecular weight is 480 g/mol. The van der Waals surface area contributed by atoms with Crippen LogP contribution in [0.2, 0.25) is 0 Å². The molecule has 8 nitrogen and oxygen atoms in total. The summed E-state index contributed by atoms with van der Waals surface area (Å²) in [6, 6.07) is 26.8. The number of hydrogen-bond acceptors (Lipinski definition) is 4. The van der Waals surface area contributed by atoms with Crippen molar-refractivity contribution < 1.29 is 4.79 Å². The molecule has 0 aliphatic carbocycles. The van der Waals surface area contributed by atoms with Crippen LogP contribution >= 0.6 is 0 Å². The summed E-state index contributed by atoms with van der Waals surface area (Å²) >= 11 is 0. The third-order valence-corrected chi connectivity index (χ3v) is 6.02. The van der Waals surface area contributed by atoms with Gasteiger partial charge in [-0.2, -0.15) is 5.10 Å². The second kappa shape index (κ2) is 10.3. The first-order chi connectivity index (χ1) is 17.6. The normalized spacial score (nSPS) is 11.0. The van der Waals surface area contributed by atoms with Crippen molar-refractivity contribution in [2.75, 3.05) is 0 Å². The van der Waals surface area contributed by atoms with Crippen LogP contribution in [0.5, 0.6) is 0 Å². The Hall–Kier alpha value is -4.72. The van der Waals surface area contributed by atoms with Crippen molar-refractivity contribution in [2.24, 2.45) is 0 Å². The zero-order valence-corrected chi connectivity index (χ0v) is 19.6. The number of amides is 1. The van der Waals surface area contributed by atoms with Crippen LogP contribution in [0.3, 0.4) is 0 Å². The van der Waals surface area contributed by atoms with E-state index in [0.717, 1.165) is 22.4 Å². The lowest BCUT2D eigenvalue weighted by molar-refractivity contribution is -0.121. The first-order valence-electron chi connectivity index (χ1n) is 11.7. The number of nitrogens with one attached hydrogen (secondary N) is 2. The molecule has 5 rings (SSSR count). The summed E-state index contributed by atoms with van der Waals surface area (Å²) in [6.45, 7) is 1.08. The first-order valence-corrected chi connectivity index (χ1v) is 11.7. The van der Waals surface area contributed by atoms with Crippen molar-refractivity contribution >= 4 is 16.8 Å². The largest absolute Gasteiger partial charge is 0.352 e. The first kappa shape index (κ1) is 23.0. The predicted molar refractivity (Wildman–Crippen MR) is 138 cm³/mol. The molecule has 0 saturated carbocycles. The molecular weight excluding hydrogens is 454 g/mol. The predicted octanol–water partition coefficient (Wildman–Crippen LogP) is 3.31. The van der Waals surface area contributed by atoms with Crippen LogP contribution in [0, 0.1) is 0 Å². The molecule has 0 radical (unpaired) electrons. The lowest BCUT2D eigenvalue weighted by atomic mass is 10.1. The molecule has 5 aromatic rings. The van der Waals surface area contributed by atoms with Crippen LogP contribution in [-0.4, -0.2) is 25.2 Å². The second-order valence-electron chi connectivity index (χ2n) is 8.51. The summed E-state index contributed by atoms with van der Waals surface area (Å²) in [5.41, 5.74) is 3.37. The number of para-hydroxylation sites is 1. The van der Waals surface area contributed by atoms with Crippen LogP contribution < -0.4 is 16.6 Å². The van der Waals surface area contributed by atoms with Gasteiger partial charge in [0.25, 0.3) is 5.56 Å². The number of fused-ring (bicyclic) bond motifs is 1. The number of hydrogen-bond donors (Lipinski definition) is 2. The van der Waals surface area contributed by atoms with E-state index in [1.165, 1.54) is 4.57 Å². The number of carbonyl (C=O) groups is 1. The van der Waals surface area contributed by atoms with Gasteiger partial charge < -0.3 is 5.32 Å². The highest BCUT2D eigenvalue weighted by atomic mass is 16.2. The summed E-state index contributed by atoms with van der Waals surface area (Å²) in [5, 5.41) is 8.16. The monoisotopic (exact) mass is 479 g/mol. The highest BCUT2D eigenvalue weighted by Crippen LogP contribution is 2.22. The van der Waals surface area contributed by atoms with Gasteiger partial charge in [0, 0.05) is 36.8 Å². The molecule has 2 N–H and O–H groups in total. The Balaban J connectivity index is 1.31. The van der Waals surface area contributed by atoms with Crippen LogP contribution in [0.15, 0.2) is 101 Å². The van der Waals surface area contributed by atoms with Gasteiger partial charge in [-0.3, -0.25) is 23.8 Å².